The van der Waals surface area contributed by atoms with Crippen molar-refractivity contribution in [3.8, 4) is 5.75 Å². The molecule has 0 fully saturated rings. The molecule has 94 valence electrons. The van der Waals surface area contributed by atoms with Gasteiger partial charge in [-0.25, -0.2) is 4.21 Å². The summed E-state index contributed by atoms with van der Waals surface area (Å²) in [6.07, 6.45) is 0. The fourth-order valence-electron chi connectivity index (χ4n) is 1.70. The highest BCUT2D eigenvalue weighted by atomic mass is 32.2. The van der Waals surface area contributed by atoms with E-state index in [1.54, 1.807) is 0 Å². The van der Waals surface area contributed by atoms with Crippen LogP contribution in [0.5, 0.6) is 5.75 Å². The maximum Gasteiger partial charge on any atom is 0.240 e. The SMILES string of the molecule is Cc1ccc(S(=O)Oc2c(C)cccc2C)cc1. The zero-order valence-electron chi connectivity index (χ0n) is 10.8. The second kappa shape index (κ2) is 5.36. The van der Waals surface area contributed by atoms with Gasteiger partial charge in [0.2, 0.25) is 11.1 Å². The summed E-state index contributed by atoms with van der Waals surface area (Å²) in [6.45, 7) is 5.91. The third-order valence-electron chi connectivity index (χ3n) is 2.78. The molecule has 0 aliphatic rings. The predicted molar refractivity (Wildman–Crippen MR) is 74.1 cm³/mol. The molecule has 18 heavy (non-hydrogen) atoms. The number of hydrogen-bond donors (Lipinski definition) is 0. The first-order valence-corrected chi connectivity index (χ1v) is 6.88. The molecule has 2 aromatic carbocycles. The summed E-state index contributed by atoms with van der Waals surface area (Å²) in [4.78, 5) is 0.684. The molecule has 0 aliphatic carbocycles. The number of benzene rings is 2. The van der Waals surface area contributed by atoms with E-state index in [1.807, 2.05) is 63.2 Å². The van der Waals surface area contributed by atoms with Gasteiger partial charge in [0, 0.05) is 0 Å². The largest absolute Gasteiger partial charge is 0.396 e. The summed E-state index contributed by atoms with van der Waals surface area (Å²) in [5.41, 5.74) is 3.13. The highest BCUT2D eigenvalue weighted by Crippen LogP contribution is 2.24. The molecule has 2 rings (SSSR count). The van der Waals surface area contributed by atoms with Crippen LogP contribution in [0.4, 0.5) is 0 Å². The van der Waals surface area contributed by atoms with Gasteiger partial charge in [0.15, 0.2) is 0 Å². The van der Waals surface area contributed by atoms with Gasteiger partial charge in [-0.05, 0) is 44.0 Å². The molecule has 1 unspecified atom stereocenters. The molecule has 0 aromatic heterocycles. The minimum Gasteiger partial charge on any atom is -0.396 e. The molecule has 2 aromatic rings. The summed E-state index contributed by atoms with van der Waals surface area (Å²) in [5.74, 6) is 0.705. The average Bonchev–Trinajstić information content (AvgIpc) is 2.34. The minimum atomic E-state index is -1.46. The van der Waals surface area contributed by atoms with Crippen LogP contribution in [-0.2, 0) is 11.1 Å². The monoisotopic (exact) mass is 260 g/mol. The van der Waals surface area contributed by atoms with E-state index < -0.39 is 11.1 Å². The Balaban J connectivity index is 2.24. The van der Waals surface area contributed by atoms with Gasteiger partial charge in [0.1, 0.15) is 5.75 Å². The molecule has 3 heteroatoms. The van der Waals surface area contributed by atoms with Gasteiger partial charge < -0.3 is 4.18 Å². The lowest BCUT2D eigenvalue weighted by Crippen LogP contribution is -2.03. The molecule has 0 radical (unpaired) electrons. The van der Waals surface area contributed by atoms with Crippen LogP contribution in [0, 0.1) is 20.8 Å². The first kappa shape index (κ1) is 12.8. The molecule has 0 amide bonds. The highest BCUT2D eigenvalue weighted by molar-refractivity contribution is 7.80. The van der Waals surface area contributed by atoms with E-state index in [2.05, 4.69) is 0 Å². The van der Waals surface area contributed by atoms with Crippen LogP contribution in [0.3, 0.4) is 0 Å². The summed E-state index contributed by atoms with van der Waals surface area (Å²) in [5, 5.41) is 0. The number of rotatable bonds is 3. The smallest absolute Gasteiger partial charge is 0.240 e. The minimum absolute atomic E-state index is 0.684. The van der Waals surface area contributed by atoms with Crippen LogP contribution in [0.1, 0.15) is 16.7 Å². The number of hydrogen-bond acceptors (Lipinski definition) is 2. The molecule has 0 spiro atoms. The lowest BCUT2D eigenvalue weighted by Gasteiger charge is -2.10. The molecule has 2 nitrogen and oxygen atoms in total. The Morgan fingerprint density at radius 1 is 0.889 bits per heavy atom. The second-order valence-electron chi connectivity index (χ2n) is 4.35. The Kier molecular flexibility index (Phi) is 3.82. The van der Waals surface area contributed by atoms with Crippen molar-refractivity contribution < 1.29 is 8.39 Å². The van der Waals surface area contributed by atoms with Crippen molar-refractivity contribution in [2.24, 2.45) is 0 Å². The van der Waals surface area contributed by atoms with Gasteiger partial charge in [0.05, 0.1) is 4.90 Å². The van der Waals surface area contributed by atoms with Gasteiger partial charge in [-0.1, -0.05) is 35.9 Å². The van der Waals surface area contributed by atoms with E-state index in [0.29, 0.717) is 10.6 Å². The third kappa shape index (κ3) is 2.79. The molecule has 0 bridgehead atoms. The lowest BCUT2D eigenvalue weighted by atomic mass is 10.1. The van der Waals surface area contributed by atoms with Gasteiger partial charge in [0.25, 0.3) is 0 Å². The quantitative estimate of drug-likeness (QED) is 0.841. The van der Waals surface area contributed by atoms with E-state index in [9.17, 15) is 4.21 Å². The van der Waals surface area contributed by atoms with Crippen LogP contribution in [0.25, 0.3) is 0 Å². The summed E-state index contributed by atoms with van der Waals surface area (Å²) < 4.78 is 17.7. The van der Waals surface area contributed by atoms with E-state index in [4.69, 9.17) is 4.18 Å². The Labute approximate surface area is 110 Å². The molecule has 0 N–H and O–H groups in total. The van der Waals surface area contributed by atoms with Crippen molar-refractivity contribution in [2.45, 2.75) is 25.7 Å². The maximum atomic E-state index is 12.1. The lowest BCUT2D eigenvalue weighted by molar-refractivity contribution is 0.555. The molecule has 1 atom stereocenters. The van der Waals surface area contributed by atoms with Crippen molar-refractivity contribution in [3.63, 3.8) is 0 Å². The van der Waals surface area contributed by atoms with E-state index in [-0.39, 0.29) is 0 Å². The molecule has 0 saturated heterocycles. The Morgan fingerprint density at radius 2 is 1.44 bits per heavy atom. The summed E-state index contributed by atoms with van der Waals surface area (Å²) in [6, 6.07) is 13.4. The average molecular weight is 260 g/mol. The zero-order chi connectivity index (χ0) is 13.1. The van der Waals surface area contributed by atoms with Crippen LogP contribution in [0.2, 0.25) is 0 Å². The Bertz CT molecular complexity index is 553. The fraction of sp³-hybridized carbons (Fsp3) is 0.200. The van der Waals surface area contributed by atoms with Crippen LogP contribution in [0.15, 0.2) is 47.4 Å². The number of aryl methyl sites for hydroxylation is 3. The van der Waals surface area contributed by atoms with E-state index in [1.165, 1.54) is 0 Å². The van der Waals surface area contributed by atoms with Crippen LogP contribution in [-0.4, -0.2) is 4.21 Å². The highest BCUT2D eigenvalue weighted by Gasteiger charge is 2.10. The van der Waals surface area contributed by atoms with Crippen molar-refractivity contribution in [3.05, 3.63) is 59.2 Å². The number of para-hydroxylation sites is 1. The van der Waals surface area contributed by atoms with Gasteiger partial charge in [-0.2, -0.15) is 0 Å². The van der Waals surface area contributed by atoms with Crippen molar-refractivity contribution in [2.75, 3.05) is 0 Å². The molecule has 0 aliphatic heterocycles. The normalized spacial score (nSPS) is 12.2. The van der Waals surface area contributed by atoms with Gasteiger partial charge >= 0.3 is 0 Å². The summed E-state index contributed by atoms with van der Waals surface area (Å²) in [7, 11) is 0. The first-order valence-electron chi connectivity index (χ1n) is 5.81. The molecular formula is C15H16O2S. The van der Waals surface area contributed by atoms with Gasteiger partial charge in [-0.15, -0.1) is 0 Å². The molecular weight excluding hydrogens is 244 g/mol. The Morgan fingerprint density at radius 3 is 2.00 bits per heavy atom. The molecule has 0 heterocycles. The summed E-state index contributed by atoms with van der Waals surface area (Å²) >= 11 is -1.46. The first-order chi connectivity index (χ1) is 8.58. The van der Waals surface area contributed by atoms with Crippen molar-refractivity contribution >= 4 is 11.1 Å². The standard InChI is InChI=1S/C15H16O2S/c1-11-7-9-14(10-8-11)18(16)17-15-12(2)5-4-6-13(15)3/h4-10H,1-3H3. The topological polar surface area (TPSA) is 26.3 Å². The van der Waals surface area contributed by atoms with Crippen molar-refractivity contribution in [1.82, 2.24) is 0 Å². The van der Waals surface area contributed by atoms with Crippen LogP contribution >= 0.6 is 0 Å². The second-order valence-corrected chi connectivity index (χ2v) is 5.46. The van der Waals surface area contributed by atoms with Crippen molar-refractivity contribution in [1.29, 1.82) is 0 Å². The van der Waals surface area contributed by atoms with E-state index in [0.717, 1.165) is 16.7 Å². The zero-order valence-corrected chi connectivity index (χ0v) is 11.6. The third-order valence-corrected chi connectivity index (χ3v) is 3.76. The fourth-order valence-corrected chi connectivity index (χ4v) is 2.57. The maximum absolute atomic E-state index is 12.1. The molecule has 0 saturated carbocycles. The predicted octanol–water partition coefficient (Wildman–Crippen LogP) is 3.71. The Hall–Kier alpha value is -1.61. The van der Waals surface area contributed by atoms with Crippen LogP contribution < -0.4 is 4.18 Å². The van der Waals surface area contributed by atoms with Gasteiger partial charge in [-0.3, -0.25) is 0 Å². The van der Waals surface area contributed by atoms with E-state index >= 15 is 0 Å².